The van der Waals surface area contributed by atoms with Crippen molar-refractivity contribution in [3.05, 3.63) is 23.9 Å². The molecule has 2 saturated heterocycles. The summed E-state index contributed by atoms with van der Waals surface area (Å²) in [5.74, 6) is -0.781. The molecule has 2 aliphatic heterocycles. The van der Waals surface area contributed by atoms with E-state index in [0.717, 1.165) is 16.6 Å². The minimum atomic E-state index is -0.356. The number of amides is 2. The third-order valence-corrected chi connectivity index (χ3v) is 7.40. The first-order chi connectivity index (χ1) is 14.0. The van der Waals surface area contributed by atoms with Crippen molar-refractivity contribution >= 4 is 28.4 Å². The van der Waals surface area contributed by atoms with Gasteiger partial charge in [0.25, 0.3) is 0 Å². The van der Waals surface area contributed by atoms with Crippen LogP contribution in [-0.2, 0) is 16.6 Å². The van der Waals surface area contributed by atoms with Crippen molar-refractivity contribution in [2.24, 2.45) is 12.5 Å². The lowest BCUT2D eigenvalue weighted by Gasteiger charge is -2.49. The zero-order valence-electron chi connectivity index (χ0n) is 17.2. The highest BCUT2D eigenvalue weighted by atomic mass is 16.2. The number of benzene rings is 1. The average molecular weight is 396 g/mol. The first-order valence-corrected chi connectivity index (χ1v) is 10.7. The molecule has 3 heterocycles. The van der Waals surface area contributed by atoms with E-state index in [1.807, 2.05) is 11.7 Å². The standard InChI is InChI=1S/C22H29N5O2/c1-26(14-7-9-22(10-8-14)12-23-13-22)15-3-4-16-18(11-15)27(2)25-20(16)17-5-6-19(28)24-21(17)29/h3-4,11,14,17,23H,5-10,12-13H2,1-2H3,(H,24,28,29). The summed E-state index contributed by atoms with van der Waals surface area (Å²) in [4.78, 5) is 26.2. The van der Waals surface area contributed by atoms with Gasteiger partial charge in [-0.05, 0) is 55.7 Å². The van der Waals surface area contributed by atoms with Crippen molar-refractivity contribution < 1.29 is 9.59 Å². The molecule has 7 heteroatoms. The van der Waals surface area contributed by atoms with Gasteiger partial charge in [-0.15, -0.1) is 0 Å². The van der Waals surface area contributed by atoms with E-state index in [1.54, 1.807) is 0 Å². The molecular formula is C22H29N5O2. The van der Waals surface area contributed by atoms with Crippen LogP contribution in [0.25, 0.3) is 10.9 Å². The number of hydrogen-bond donors (Lipinski definition) is 2. The zero-order valence-corrected chi connectivity index (χ0v) is 17.2. The summed E-state index contributed by atoms with van der Waals surface area (Å²) in [5.41, 5.74) is 3.58. The van der Waals surface area contributed by atoms with Gasteiger partial charge in [-0.1, -0.05) is 0 Å². The van der Waals surface area contributed by atoms with E-state index in [1.165, 1.54) is 44.5 Å². The number of carbonyl (C=O) groups excluding carboxylic acids is 2. The number of nitrogens with zero attached hydrogens (tertiary/aromatic N) is 3. The maximum Gasteiger partial charge on any atom is 0.235 e. The largest absolute Gasteiger partial charge is 0.372 e. The molecule has 0 bridgehead atoms. The number of carbonyl (C=O) groups is 2. The number of nitrogens with one attached hydrogen (secondary N) is 2. The second-order valence-electron chi connectivity index (χ2n) is 9.16. The fourth-order valence-corrected chi connectivity index (χ4v) is 5.35. The highest BCUT2D eigenvalue weighted by Crippen LogP contribution is 2.41. The molecule has 1 saturated carbocycles. The molecule has 2 aromatic rings. The number of imide groups is 1. The zero-order chi connectivity index (χ0) is 20.2. The Balaban J connectivity index is 1.39. The van der Waals surface area contributed by atoms with E-state index >= 15 is 0 Å². The smallest absolute Gasteiger partial charge is 0.235 e. The summed E-state index contributed by atoms with van der Waals surface area (Å²) in [5, 5.41) is 11.5. The maximum absolute atomic E-state index is 12.3. The van der Waals surface area contributed by atoms with Crippen molar-refractivity contribution in [3.8, 4) is 0 Å². The topological polar surface area (TPSA) is 79.3 Å². The van der Waals surface area contributed by atoms with Crippen LogP contribution in [0, 0.1) is 5.41 Å². The van der Waals surface area contributed by atoms with Gasteiger partial charge < -0.3 is 10.2 Å². The van der Waals surface area contributed by atoms with Crippen molar-refractivity contribution in [3.63, 3.8) is 0 Å². The predicted octanol–water partition coefficient (Wildman–Crippen LogP) is 2.06. The molecule has 3 aliphatic rings. The molecular weight excluding hydrogens is 366 g/mol. The lowest BCUT2D eigenvalue weighted by atomic mass is 9.68. The number of hydrogen-bond acceptors (Lipinski definition) is 5. The van der Waals surface area contributed by atoms with E-state index in [-0.39, 0.29) is 17.7 Å². The van der Waals surface area contributed by atoms with Gasteiger partial charge in [0.2, 0.25) is 11.8 Å². The van der Waals surface area contributed by atoms with Gasteiger partial charge in [-0.25, -0.2) is 0 Å². The van der Waals surface area contributed by atoms with Gasteiger partial charge in [0.1, 0.15) is 0 Å². The van der Waals surface area contributed by atoms with Crippen molar-refractivity contribution in [2.45, 2.75) is 50.5 Å². The van der Waals surface area contributed by atoms with Gasteiger partial charge >= 0.3 is 0 Å². The molecule has 7 nitrogen and oxygen atoms in total. The molecule has 1 atom stereocenters. The summed E-state index contributed by atoms with van der Waals surface area (Å²) in [7, 11) is 4.12. The third kappa shape index (κ3) is 3.12. The minimum Gasteiger partial charge on any atom is -0.372 e. The summed E-state index contributed by atoms with van der Waals surface area (Å²) < 4.78 is 1.86. The first-order valence-electron chi connectivity index (χ1n) is 10.7. The summed E-state index contributed by atoms with van der Waals surface area (Å²) >= 11 is 0. The Morgan fingerprint density at radius 2 is 1.93 bits per heavy atom. The van der Waals surface area contributed by atoms with Crippen LogP contribution < -0.4 is 15.5 Å². The Bertz CT molecular complexity index is 967. The van der Waals surface area contributed by atoms with E-state index in [4.69, 9.17) is 0 Å². The molecule has 1 aliphatic carbocycles. The van der Waals surface area contributed by atoms with Gasteiger partial charge in [-0.3, -0.25) is 19.6 Å². The van der Waals surface area contributed by atoms with Crippen LogP contribution >= 0.6 is 0 Å². The summed E-state index contributed by atoms with van der Waals surface area (Å²) in [6, 6.07) is 7.00. The highest BCUT2D eigenvalue weighted by Gasteiger charge is 2.41. The number of piperidine rings is 1. The number of aryl methyl sites for hydroxylation is 1. The van der Waals surface area contributed by atoms with Gasteiger partial charge in [0, 0.05) is 50.7 Å². The van der Waals surface area contributed by atoms with Gasteiger partial charge in [-0.2, -0.15) is 5.10 Å². The Morgan fingerprint density at radius 1 is 1.17 bits per heavy atom. The van der Waals surface area contributed by atoms with Crippen molar-refractivity contribution in [2.75, 3.05) is 25.0 Å². The quantitative estimate of drug-likeness (QED) is 0.778. The molecule has 1 aromatic carbocycles. The molecule has 1 aromatic heterocycles. The maximum atomic E-state index is 12.3. The summed E-state index contributed by atoms with van der Waals surface area (Å²) in [6.45, 7) is 2.38. The first kappa shape index (κ1) is 18.6. The SMILES string of the molecule is CN(c1ccc2c(C3CCC(=O)NC3=O)nn(C)c2c1)C1CCC2(CC1)CNC2. The molecule has 29 heavy (non-hydrogen) atoms. The van der Waals surface area contributed by atoms with Crippen LogP contribution in [0.3, 0.4) is 0 Å². The van der Waals surface area contributed by atoms with Gasteiger partial charge in [0.15, 0.2) is 0 Å². The van der Waals surface area contributed by atoms with Crippen LogP contribution in [0.4, 0.5) is 5.69 Å². The highest BCUT2D eigenvalue weighted by molar-refractivity contribution is 6.02. The van der Waals surface area contributed by atoms with Crippen molar-refractivity contribution in [1.82, 2.24) is 20.4 Å². The number of fused-ring (bicyclic) bond motifs is 1. The molecule has 1 spiro atoms. The predicted molar refractivity (Wildman–Crippen MR) is 112 cm³/mol. The molecule has 154 valence electrons. The third-order valence-electron chi connectivity index (χ3n) is 7.40. The molecule has 5 rings (SSSR count). The van der Waals surface area contributed by atoms with Crippen LogP contribution in [0.2, 0.25) is 0 Å². The van der Waals surface area contributed by atoms with E-state index in [9.17, 15) is 9.59 Å². The van der Waals surface area contributed by atoms with Crippen LogP contribution in [0.5, 0.6) is 0 Å². The number of aromatic nitrogens is 2. The summed E-state index contributed by atoms with van der Waals surface area (Å²) in [6.07, 6.45) is 5.99. The molecule has 2 N–H and O–H groups in total. The van der Waals surface area contributed by atoms with Crippen LogP contribution in [-0.4, -0.2) is 47.8 Å². The monoisotopic (exact) mass is 395 g/mol. The normalized spacial score (nSPS) is 24.6. The van der Waals surface area contributed by atoms with Gasteiger partial charge in [0.05, 0.1) is 17.1 Å². The molecule has 2 amide bonds. The Labute approximate surface area is 170 Å². The molecule has 3 fully saturated rings. The lowest BCUT2D eigenvalue weighted by Crippen LogP contribution is -2.56. The molecule has 1 unspecified atom stereocenters. The van der Waals surface area contributed by atoms with Crippen LogP contribution in [0.15, 0.2) is 18.2 Å². The second kappa shape index (κ2) is 6.83. The molecule has 0 radical (unpaired) electrons. The van der Waals surface area contributed by atoms with E-state index in [0.29, 0.717) is 24.3 Å². The number of rotatable bonds is 3. The van der Waals surface area contributed by atoms with E-state index in [2.05, 4.69) is 45.9 Å². The van der Waals surface area contributed by atoms with Crippen molar-refractivity contribution in [1.29, 1.82) is 0 Å². The Hall–Kier alpha value is -2.41. The van der Waals surface area contributed by atoms with E-state index < -0.39 is 0 Å². The number of anilines is 1. The Kier molecular flexibility index (Phi) is 4.38. The fourth-order valence-electron chi connectivity index (χ4n) is 5.35. The fraction of sp³-hybridized carbons (Fsp3) is 0.591. The minimum absolute atomic E-state index is 0.192. The van der Waals surface area contributed by atoms with Crippen LogP contribution in [0.1, 0.15) is 50.1 Å². The second-order valence-corrected chi connectivity index (χ2v) is 9.16. The Morgan fingerprint density at radius 3 is 2.59 bits per heavy atom. The average Bonchev–Trinajstić information content (AvgIpc) is 3.02. The lowest BCUT2D eigenvalue weighted by molar-refractivity contribution is -0.134.